The number of anilines is 2. The number of carbonyl (C=O) groups excluding carboxylic acids is 1. The van der Waals surface area contributed by atoms with E-state index in [9.17, 15) is 13.2 Å². The maximum atomic E-state index is 13.1. The third-order valence-corrected chi connectivity index (χ3v) is 8.74. The fourth-order valence-corrected chi connectivity index (χ4v) is 6.45. The molecule has 32 heavy (non-hydrogen) atoms. The van der Waals surface area contributed by atoms with E-state index in [0.717, 1.165) is 28.5 Å². The molecule has 2 saturated heterocycles. The van der Waals surface area contributed by atoms with Crippen LogP contribution in [0.15, 0.2) is 64.9 Å². The average Bonchev–Trinajstić information content (AvgIpc) is 3.49. The van der Waals surface area contributed by atoms with E-state index in [4.69, 9.17) is 4.98 Å². The molecule has 2 fully saturated rings. The quantitative estimate of drug-likeness (QED) is 0.574. The maximum Gasteiger partial charge on any atom is 0.243 e. The van der Waals surface area contributed by atoms with Gasteiger partial charge in [-0.05, 0) is 30.7 Å². The molecule has 1 aromatic heterocycles. The number of amides is 1. The fourth-order valence-electron chi connectivity index (χ4n) is 4.14. The Kier molecular flexibility index (Phi) is 5.71. The molecule has 0 bridgehead atoms. The zero-order valence-corrected chi connectivity index (χ0v) is 19.2. The summed E-state index contributed by atoms with van der Waals surface area (Å²) in [6.07, 6.45) is 1.39. The molecule has 0 unspecified atom stereocenters. The molecule has 0 radical (unpaired) electrons. The molecule has 0 saturated carbocycles. The number of piperazine rings is 1. The SMILES string of the molecule is O=C1CCCN1c1ccc(S(=O)(=O)N2CCN(c3nc(-c4ccccc4)cs3)CC2)cc1. The van der Waals surface area contributed by atoms with Crippen molar-refractivity contribution < 1.29 is 13.2 Å². The van der Waals surface area contributed by atoms with Gasteiger partial charge in [0.15, 0.2) is 5.13 Å². The molecule has 0 spiro atoms. The first-order chi connectivity index (χ1) is 15.5. The molecule has 3 heterocycles. The lowest BCUT2D eigenvalue weighted by atomic mass is 10.2. The number of aromatic nitrogens is 1. The van der Waals surface area contributed by atoms with Crippen LogP contribution < -0.4 is 9.80 Å². The summed E-state index contributed by atoms with van der Waals surface area (Å²) < 4.78 is 27.8. The Morgan fingerprint density at radius 2 is 1.59 bits per heavy atom. The van der Waals surface area contributed by atoms with Crippen molar-refractivity contribution in [2.24, 2.45) is 0 Å². The van der Waals surface area contributed by atoms with Gasteiger partial charge in [-0.1, -0.05) is 30.3 Å². The van der Waals surface area contributed by atoms with Gasteiger partial charge >= 0.3 is 0 Å². The number of nitrogens with zero attached hydrogens (tertiary/aromatic N) is 4. The van der Waals surface area contributed by atoms with Crippen LogP contribution in [0.1, 0.15) is 12.8 Å². The highest BCUT2D eigenvalue weighted by atomic mass is 32.2. The van der Waals surface area contributed by atoms with Crippen LogP contribution in [0.25, 0.3) is 11.3 Å². The highest BCUT2D eigenvalue weighted by Crippen LogP contribution is 2.29. The van der Waals surface area contributed by atoms with E-state index >= 15 is 0 Å². The molecule has 2 aliphatic rings. The highest BCUT2D eigenvalue weighted by Gasteiger charge is 2.30. The third kappa shape index (κ3) is 4.03. The molecule has 166 valence electrons. The summed E-state index contributed by atoms with van der Waals surface area (Å²) in [5.74, 6) is 0.0920. The number of hydrogen-bond donors (Lipinski definition) is 0. The van der Waals surface area contributed by atoms with Gasteiger partial charge in [0.05, 0.1) is 10.6 Å². The van der Waals surface area contributed by atoms with E-state index in [1.807, 2.05) is 35.7 Å². The topological polar surface area (TPSA) is 73.8 Å². The molecule has 7 nitrogen and oxygen atoms in total. The zero-order valence-electron chi connectivity index (χ0n) is 17.6. The van der Waals surface area contributed by atoms with E-state index in [0.29, 0.717) is 39.1 Å². The summed E-state index contributed by atoms with van der Waals surface area (Å²) >= 11 is 1.58. The van der Waals surface area contributed by atoms with Crippen molar-refractivity contribution in [3.8, 4) is 11.3 Å². The van der Waals surface area contributed by atoms with Crippen LogP contribution in [-0.4, -0.2) is 56.3 Å². The molecular weight excluding hydrogens is 444 g/mol. The Morgan fingerprint density at radius 3 is 2.25 bits per heavy atom. The van der Waals surface area contributed by atoms with Gasteiger partial charge in [-0.15, -0.1) is 11.3 Å². The van der Waals surface area contributed by atoms with Crippen molar-refractivity contribution >= 4 is 38.1 Å². The number of benzene rings is 2. The smallest absolute Gasteiger partial charge is 0.243 e. The van der Waals surface area contributed by atoms with Crippen LogP contribution in [0.2, 0.25) is 0 Å². The van der Waals surface area contributed by atoms with E-state index in [1.54, 1.807) is 40.5 Å². The van der Waals surface area contributed by atoms with Gasteiger partial charge < -0.3 is 9.80 Å². The van der Waals surface area contributed by atoms with Crippen LogP contribution in [0, 0.1) is 0 Å². The van der Waals surface area contributed by atoms with Crippen LogP contribution in [0.5, 0.6) is 0 Å². The first-order valence-corrected chi connectivity index (χ1v) is 13.0. The summed E-state index contributed by atoms with van der Waals surface area (Å²) in [6.45, 7) is 2.71. The fraction of sp³-hybridized carbons (Fsp3) is 0.304. The second-order valence-corrected chi connectivity index (χ2v) is 10.7. The number of rotatable bonds is 5. The Hall–Kier alpha value is -2.75. The summed E-state index contributed by atoms with van der Waals surface area (Å²) in [7, 11) is -3.57. The van der Waals surface area contributed by atoms with Crippen molar-refractivity contribution in [2.75, 3.05) is 42.5 Å². The Bertz CT molecular complexity index is 1200. The summed E-state index contributed by atoms with van der Waals surface area (Å²) in [5.41, 5.74) is 2.78. The first kappa shape index (κ1) is 21.1. The molecule has 0 N–H and O–H groups in total. The molecule has 3 aromatic rings. The minimum absolute atomic E-state index is 0.0920. The lowest BCUT2D eigenvalue weighted by Gasteiger charge is -2.33. The maximum absolute atomic E-state index is 13.1. The van der Waals surface area contributed by atoms with Crippen molar-refractivity contribution in [1.29, 1.82) is 0 Å². The van der Waals surface area contributed by atoms with Crippen molar-refractivity contribution in [2.45, 2.75) is 17.7 Å². The molecular formula is C23H24N4O3S2. The van der Waals surface area contributed by atoms with Crippen LogP contribution in [-0.2, 0) is 14.8 Å². The van der Waals surface area contributed by atoms with Crippen LogP contribution in [0.4, 0.5) is 10.8 Å². The minimum atomic E-state index is -3.57. The van der Waals surface area contributed by atoms with Gasteiger partial charge in [-0.25, -0.2) is 13.4 Å². The molecule has 1 amide bonds. The molecule has 0 aliphatic carbocycles. The standard InChI is InChI=1S/C23H24N4O3S2/c28-22-7-4-12-27(22)19-8-10-20(11-9-19)32(29,30)26-15-13-25(14-16-26)23-24-21(17-31-23)18-5-2-1-3-6-18/h1-3,5-6,8-11,17H,4,7,12-16H2. The molecule has 2 aliphatic heterocycles. The lowest BCUT2D eigenvalue weighted by Crippen LogP contribution is -2.48. The van der Waals surface area contributed by atoms with Gasteiger partial charge in [0.25, 0.3) is 0 Å². The monoisotopic (exact) mass is 468 g/mol. The second-order valence-electron chi connectivity index (χ2n) is 7.92. The molecule has 9 heteroatoms. The van der Waals surface area contributed by atoms with Crippen molar-refractivity contribution in [3.63, 3.8) is 0 Å². The van der Waals surface area contributed by atoms with Gasteiger partial charge in [-0.3, -0.25) is 4.79 Å². The zero-order chi connectivity index (χ0) is 22.1. The molecule has 0 atom stereocenters. The third-order valence-electron chi connectivity index (χ3n) is 5.93. The number of thiazole rings is 1. The number of carbonyl (C=O) groups is 1. The normalized spacial score (nSPS) is 17.8. The minimum Gasteiger partial charge on any atom is -0.345 e. The lowest BCUT2D eigenvalue weighted by molar-refractivity contribution is -0.117. The van der Waals surface area contributed by atoms with E-state index in [2.05, 4.69) is 4.90 Å². The Balaban J connectivity index is 1.25. The average molecular weight is 469 g/mol. The van der Waals surface area contributed by atoms with Crippen molar-refractivity contribution in [1.82, 2.24) is 9.29 Å². The highest BCUT2D eigenvalue weighted by molar-refractivity contribution is 7.89. The van der Waals surface area contributed by atoms with Crippen molar-refractivity contribution in [3.05, 3.63) is 60.0 Å². The predicted octanol–water partition coefficient (Wildman–Crippen LogP) is 3.45. The van der Waals surface area contributed by atoms with Gasteiger partial charge in [-0.2, -0.15) is 4.31 Å². The van der Waals surface area contributed by atoms with Gasteiger partial charge in [0.2, 0.25) is 15.9 Å². The number of sulfonamides is 1. The van der Waals surface area contributed by atoms with Crippen LogP contribution >= 0.6 is 11.3 Å². The first-order valence-electron chi connectivity index (χ1n) is 10.7. The summed E-state index contributed by atoms with van der Waals surface area (Å²) in [6, 6.07) is 16.7. The van der Waals surface area contributed by atoms with Gasteiger partial charge in [0, 0.05) is 55.8 Å². The molecule has 5 rings (SSSR count). The molecule has 2 aromatic carbocycles. The van der Waals surface area contributed by atoms with Crippen LogP contribution in [0.3, 0.4) is 0 Å². The van der Waals surface area contributed by atoms with Gasteiger partial charge in [0.1, 0.15) is 0 Å². The summed E-state index contributed by atoms with van der Waals surface area (Å²) in [5, 5.41) is 2.96. The largest absolute Gasteiger partial charge is 0.345 e. The van der Waals surface area contributed by atoms with E-state index < -0.39 is 10.0 Å². The summed E-state index contributed by atoms with van der Waals surface area (Å²) in [4.78, 5) is 20.8. The Labute approximate surface area is 192 Å². The Morgan fingerprint density at radius 1 is 0.875 bits per heavy atom. The van der Waals surface area contributed by atoms with E-state index in [1.165, 1.54) is 4.31 Å². The predicted molar refractivity (Wildman–Crippen MR) is 127 cm³/mol. The second kappa shape index (κ2) is 8.65. The van der Waals surface area contributed by atoms with E-state index in [-0.39, 0.29) is 10.8 Å². The number of hydrogen-bond acceptors (Lipinski definition) is 6.